The lowest BCUT2D eigenvalue weighted by Crippen LogP contribution is -2.30. The van der Waals surface area contributed by atoms with Crippen LogP contribution >= 0.6 is 0 Å². The maximum Gasteiger partial charge on any atom is 0.306 e. The van der Waals surface area contributed by atoms with Gasteiger partial charge in [-0.1, -0.05) is 204 Å². The number of ether oxygens (including phenoxy) is 3. The van der Waals surface area contributed by atoms with E-state index in [4.69, 9.17) is 14.2 Å². The van der Waals surface area contributed by atoms with Crippen molar-refractivity contribution < 1.29 is 23.8 Å². The van der Waals surface area contributed by atoms with Crippen LogP contribution in [0.1, 0.15) is 252 Å². The highest BCUT2D eigenvalue weighted by Crippen LogP contribution is 2.14. The van der Waals surface area contributed by atoms with Crippen LogP contribution in [0.15, 0.2) is 48.6 Å². The van der Waals surface area contributed by atoms with E-state index < -0.39 is 6.10 Å². The second-order valence-corrected chi connectivity index (χ2v) is 16.7. The number of hydrogen-bond acceptors (Lipinski definition) is 5. The number of hydrogen-bond donors (Lipinski definition) is 0. The van der Waals surface area contributed by atoms with Crippen LogP contribution in [0, 0.1) is 0 Å². The zero-order valence-corrected chi connectivity index (χ0v) is 38.8. The molecular weight excluding hydrogens is 717 g/mol. The van der Waals surface area contributed by atoms with E-state index in [9.17, 15) is 9.59 Å². The van der Waals surface area contributed by atoms with Crippen LogP contribution in [0.25, 0.3) is 0 Å². The second kappa shape index (κ2) is 49.2. The minimum Gasteiger partial charge on any atom is -0.462 e. The first-order chi connectivity index (χ1) is 28.6. The average Bonchev–Trinajstić information content (AvgIpc) is 3.22. The summed E-state index contributed by atoms with van der Waals surface area (Å²) in [6.45, 7) is 7.76. The lowest BCUT2D eigenvalue weighted by molar-refractivity contribution is -0.163. The molecule has 0 bridgehead atoms. The SMILES string of the molecule is CCCCC/C=C\C/C=C\C/C=C\CCCCCCCCC(=O)OCC(COCCCCCCCC)OC(=O)CCCCCCCCC/C=C\CCCCCCCC. The fourth-order valence-corrected chi connectivity index (χ4v) is 7.04. The van der Waals surface area contributed by atoms with Crippen LogP contribution < -0.4 is 0 Å². The molecule has 0 aromatic rings. The van der Waals surface area contributed by atoms with E-state index in [1.807, 2.05) is 0 Å². The van der Waals surface area contributed by atoms with E-state index in [2.05, 4.69) is 69.4 Å². The highest BCUT2D eigenvalue weighted by Gasteiger charge is 2.17. The number of carbonyl (C=O) groups excluding carboxylic acids is 2. The molecule has 0 aromatic carbocycles. The summed E-state index contributed by atoms with van der Waals surface area (Å²) in [4.78, 5) is 25.3. The Morgan fingerprint density at radius 3 is 1.21 bits per heavy atom. The summed E-state index contributed by atoms with van der Waals surface area (Å²) in [7, 11) is 0. The summed E-state index contributed by atoms with van der Waals surface area (Å²) in [5.74, 6) is -0.413. The minimum atomic E-state index is -0.538. The second-order valence-electron chi connectivity index (χ2n) is 16.7. The van der Waals surface area contributed by atoms with Crippen LogP contribution in [0.3, 0.4) is 0 Å². The number of esters is 2. The zero-order chi connectivity index (χ0) is 42.1. The van der Waals surface area contributed by atoms with Crippen LogP contribution in [0.2, 0.25) is 0 Å². The van der Waals surface area contributed by atoms with Crippen molar-refractivity contribution in [1.82, 2.24) is 0 Å². The average molecular weight is 813 g/mol. The molecule has 0 heterocycles. The van der Waals surface area contributed by atoms with Gasteiger partial charge in [-0.05, 0) is 83.5 Å². The van der Waals surface area contributed by atoms with Gasteiger partial charge in [0.1, 0.15) is 6.61 Å². The topological polar surface area (TPSA) is 61.8 Å². The molecule has 0 aliphatic heterocycles. The van der Waals surface area contributed by atoms with Crippen molar-refractivity contribution >= 4 is 11.9 Å². The minimum absolute atomic E-state index is 0.0782. The Bertz CT molecular complexity index is 966. The van der Waals surface area contributed by atoms with Gasteiger partial charge < -0.3 is 14.2 Å². The molecule has 0 aliphatic rings. The lowest BCUT2D eigenvalue weighted by atomic mass is 10.1. The maximum absolute atomic E-state index is 12.7. The first kappa shape index (κ1) is 55.9. The molecule has 0 aliphatic carbocycles. The van der Waals surface area contributed by atoms with E-state index in [1.165, 1.54) is 148 Å². The largest absolute Gasteiger partial charge is 0.462 e. The third-order valence-corrected chi connectivity index (χ3v) is 10.8. The normalized spacial score (nSPS) is 12.5. The quantitative estimate of drug-likeness (QED) is 0.0348. The highest BCUT2D eigenvalue weighted by atomic mass is 16.6. The van der Waals surface area contributed by atoms with Crippen molar-refractivity contribution in [1.29, 1.82) is 0 Å². The summed E-state index contributed by atoms with van der Waals surface area (Å²) in [5.41, 5.74) is 0. The summed E-state index contributed by atoms with van der Waals surface area (Å²) >= 11 is 0. The van der Waals surface area contributed by atoms with Gasteiger partial charge in [0, 0.05) is 19.4 Å². The van der Waals surface area contributed by atoms with E-state index in [1.54, 1.807) is 0 Å². The van der Waals surface area contributed by atoms with Gasteiger partial charge >= 0.3 is 11.9 Å². The molecule has 0 spiro atoms. The molecule has 0 amide bonds. The summed E-state index contributed by atoms with van der Waals surface area (Å²) < 4.78 is 17.3. The van der Waals surface area contributed by atoms with Crippen LogP contribution in [-0.2, 0) is 23.8 Å². The molecule has 0 saturated heterocycles. The maximum atomic E-state index is 12.7. The number of rotatable bonds is 46. The predicted octanol–water partition coefficient (Wildman–Crippen LogP) is 16.8. The van der Waals surface area contributed by atoms with Gasteiger partial charge in [-0.3, -0.25) is 9.59 Å². The Balaban J connectivity index is 4.10. The van der Waals surface area contributed by atoms with Crippen molar-refractivity contribution in [3.8, 4) is 0 Å². The van der Waals surface area contributed by atoms with Crippen molar-refractivity contribution in [2.75, 3.05) is 19.8 Å². The van der Waals surface area contributed by atoms with Gasteiger partial charge in [0.25, 0.3) is 0 Å². The lowest BCUT2D eigenvalue weighted by Gasteiger charge is -2.18. The van der Waals surface area contributed by atoms with Crippen molar-refractivity contribution in [3.63, 3.8) is 0 Å². The molecule has 338 valence electrons. The third kappa shape index (κ3) is 46.5. The molecule has 58 heavy (non-hydrogen) atoms. The molecule has 0 saturated carbocycles. The molecule has 0 rings (SSSR count). The summed E-state index contributed by atoms with van der Waals surface area (Å²) in [5, 5.41) is 0. The van der Waals surface area contributed by atoms with Gasteiger partial charge in [-0.25, -0.2) is 0 Å². The first-order valence-corrected chi connectivity index (χ1v) is 25.2. The van der Waals surface area contributed by atoms with Gasteiger partial charge in [0.05, 0.1) is 6.61 Å². The van der Waals surface area contributed by atoms with E-state index >= 15 is 0 Å². The van der Waals surface area contributed by atoms with E-state index in [0.717, 1.165) is 70.6 Å². The van der Waals surface area contributed by atoms with Crippen molar-refractivity contribution in [2.45, 2.75) is 258 Å². The number of carbonyl (C=O) groups is 2. The number of unbranched alkanes of at least 4 members (excludes halogenated alkanes) is 27. The summed E-state index contributed by atoms with van der Waals surface area (Å²) in [6.07, 6.45) is 59.8. The smallest absolute Gasteiger partial charge is 0.306 e. The molecule has 5 heteroatoms. The molecule has 5 nitrogen and oxygen atoms in total. The standard InChI is InChI=1S/C53H96O5/c1-4-7-10-13-16-18-20-22-24-26-27-29-30-32-34-36-38-40-43-46-52(54)57-50-51(49-56-48-45-42-15-12-9-6-3)58-53(55)47-44-41-39-37-35-33-31-28-25-23-21-19-17-14-11-8-5-2/h16,18,22-25,27,29,51H,4-15,17,19-21,26,28,30-50H2,1-3H3/b18-16-,24-22-,25-23-,29-27-. The zero-order valence-electron chi connectivity index (χ0n) is 38.8. The molecule has 1 unspecified atom stereocenters. The van der Waals surface area contributed by atoms with Gasteiger partial charge in [-0.15, -0.1) is 0 Å². The van der Waals surface area contributed by atoms with Crippen LogP contribution in [0.5, 0.6) is 0 Å². The van der Waals surface area contributed by atoms with Gasteiger partial charge in [0.2, 0.25) is 0 Å². The van der Waals surface area contributed by atoms with E-state index in [0.29, 0.717) is 19.4 Å². The van der Waals surface area contributed by atoms with Gasteiger partial charge in [-0.2, -0.15) is 0 Å². The molecule has 1 atom stereocenters. The molecular formula is C53H96O5. The fourth-order valence-electron chi connectivity index (χ4n) is 7.04. The van der Waals surface area contributed by atoms with E-state index in [-0.39, 0.29) is 25.2 Å². The fraction of sp³-hybridized carbons (Fsp3) is 0.811. The summed E-state index contributed by atoms with van der Waals surface area (Å²) in [6, 6.07) is 0. The van der Waals surface area contributed by atoms with Gasteiger partial charge in [0.15, 0.2) is 6.10 Å². The van der Waals surface area contributed by atoms with Crippen molar-refractivity contribution in [3.05, 3.63) is 48.6 Å². The predicted molar refractivity (Wildman–Crippen MR) is 251 cm³/mol. The van der Waals surface area contributed by atoms with Crippen molar-refractivity contribution in [2.24, 2.45) is 0 Å². The van der Waals surface area contributed by atoms with Crippen LogP contribution in [-0.4, -0.2) is 37.9 Å². The molecule has 0 N–H and O–H groups in total. The molecule has 0 fully saturated rings. The first-order valence-electron chi connectivity index (χ1n) is 25.2. The Kier molecular flexibility index (Phi) is 47.4. The van der Waals surface area contributed by atoms with Crippen LogP contribution in [0.4, 0.5) is 0 Å². The third-order valence-electron chi connectivity index (χ3n) is 10.8. The Hall–Kier alpha value is -2.14. The monoisotopic (exact) mass is 813 g/mol. The Morgan fingerprint density at radius 1 is 0.379 bits per heavy atom. The Morgan fingerprint density at radius 2 is 0.724 bits per heavy atom. The molecule has 0 radical (unpaired) electrons. The Labute approximate surface area is 361 Å². The highest BCUT2D eigenvalue weighted by molar-refractivity contribution is 5.70. The number of allylic oxidation sites excluding steroid dienone is 8. The molecule has 0 aromatic heterocycles.